The Morgan fingerprint density at radius 3 is 2.30 bits per heavy atom. The second-order valence-electron chi connectivity index (χ2n) is 1.91. The molecule has 0 aliphatic heterocycles. The molecule has 1 aromatic carbocycles. The van der Waals surface area contributed by atoms with Crippen molar-refractivity contribution in [3.63, 3.8) is 0 Å². The van der Waals surface area contributed by atoms with Crippen LogP contribution in [-0.2, 0) is 0 Å². The van der Waals surface area contributed by atoms with Gasteiger partial charge in [-0.05, 0) is 24.3 Å². The van der Waals surface area contributed by atoms with Gasteiger partial charge in [0.15, 0.2) is 0 Å². The summed E-state index contributed by atoms with van der Waals surface area (Å²) in [6.45, 7) is 0. The van der Waals surface area contributed by atoms with Crippen molar-refractivity contribution in [1.82, 2.24) is 0 Å². The summed E-state index contributed by atoms with van der Waals surface area (Å²) in [6, 6.07) is 7.58. The molecule has 0 radical (unpaired) electrons. The van der Waals surface area contributed by atoms with Crippen molar-refractivity contribution in [2.24, 2.45) is 0 Å². The van der Waals surface area contributed by atoms with Crippen LogP contribution in [0.15, 0.2) is 24.3 Å². The fourth-order valence-electron chi connectivity index (χ4n) is 0.709. The van der Waals surface area contributed by atoms with Crippen LogP contribution in [0.4, 0.5) is 5.69 Å². The third kappa shape index (κ3) is 1.39. The number of nitrogens with one attached hydrogen (secondary N) is 1. The molecule has 0 bridgehead atoms. The van der Waals surface area contributed by atoms with Gasteiger partial charge in [0.2, 0.25) is 0 Å². The molecule has 0 amide bonds. The maximum absolute atomic E-state index is 4.97. The van der Waals surface area contributed by atoms with Crippen molar-refractivity contribution >= 4 is 5.69 Å². The van der Waals surface area contributed by atoms with Crippen molar-refractivity contribution in [2.75, 3.05) is 12.5 Å². The van der Waals surface area contributed by atoms with Gasteiger partial charge in [0.25, 0.3) is 0 Å². The minimum Gasteiger partial charge on any atom is -0.497 e. The number of hydrogen-bond donors (Lipinski definition) is 2. The highest BCUT2D eigenvalue weighted by atomic mass is 16.5. The van der Waals surface area contributed by atoms with Gasteiger partial charge in [0, 0.05) is 0 Å². The molecule has 3 heteroatoms. The lowest BCUT2D eigenvalue weighted by Crippen LogP contribution is -2.56. The second kappa shape index (κ2) is 3.08. The predicted molar refractivity (Wildman–Crippen MR) is 39.5 cm³/mol. The Morgan fingerprint density at radius 2 is 1.90 bits per heavy atom. The summed E-state index contributed by atoms with van der Waals surface area (Å²) in [5.41, 5.74) is 3.76. The summed E-state index contributed by atoms with van der Waals surface area (Å²) >= 11 is 0. The van der Waals surface area contributed by atoms with E-state index < -0.39 is 0 Å². The average molecular weight is 139 g/mol. The Bertz CT molecular complexity index is 172. The van der Waals surface area contributed by atoms with Gasteiger partial charge < -0.3 is 4.74 Å². The topological polar surface area (TPSA) is 48.9 Å². The first-order valence-electron chi connectivity index (χ1n) is 3.04. The molecular formula is C7H11N2O+. The van der Waals surface area contributed by atoms with Crippen LogP contribution >= 0.6 is 0 Å². The van der Waals surface area contributed by atoms with E-state index in [0.29, 0.717) is 0 Å². The normalized spacial score (nSPS) is 9.00. The molecular weight excluding hydrogens is 128 g/mol. The summed E-state index contributed by atoms with van der Waals surface area (Å²) in [6.07, 6.45) is 0. The highest BCUT2D eigenvalue weighted by molar-refractivity contribution is 5.43. The fourth-order valence-corrected chi connectivity index (χ4v) is 0.709. The maximum Gasteiger partial charge on any atom is 0.119 e. The van der Waals surface area contributed by atoms with E-state index >= 15 is 0 Å². The number of quaternary nitrogens is 1. The Hall–Kier alpha value is -1.22. The Kier molecular flexibility index (Phi) is 2.12. The number of ether oxygens (including phenoxy) is 1. The van der Waals surface area contributed by atoms with Crippen LogP contribution in [0, 0.1) is 0 Å². The molecule has 0 unspecified atom stereocenters. The summed E-state index contributed by atoms with van der Waals surface area (Å²) in [4.78, 5) is 0. The molecule has 0 spiro atoms. The van der Waals surface area contributed by atoms with E-state index in [2.05, 4.69) is 11.3 Å². The van der Waals surface area contributed by atoms with E-state index in [0.717, 1.165) is 11.4 Å². The lowest BCUT2D eigenvalue weighted by molar-refractivity contribution is -0.325. The zero-order valence-electron chi connectivity index (χ0n) is 5.92. The van der Waals surface area contributed by atoms with E-state index in [9.17, 15) is 0 Å². The van der Waals surface area contributed by atoms with Crippen molar-refractivity contribution in [3.05, 3.63) is 24.3 Å². The number of methoxy groups -OCH3 is 1. The first-order valence-corrected chi connectivity index (χ1v) is 3.04. The molecule has 1 aromatic rings. The van der Waals surface area contributed by atoms with Gasteiger partial charge in [0.05, 0.1) is 12.8 Å². The zero-order chi connectivity index (χ0) is 7.40. The highest BCUT2D eigenvalue weighted by Gasteiger charge is 1.90. The molecule has 0 aliphatic rings. The third-order valence-electron chi connectivity index (χ3n) is 1.29. The van der Waals surface area contributed by atoms with Crippen LogP contribution in [0.2, 0.25) is 0 Å². The molecule has 10 heavy (non-hydrogen) atoms. The van der Waals surface area contributed by atoms with Crippen LogP contribution in [-0.4, -0.2) is 7.11 Å². The number of benzene rings is 1. The van der Waals surface area contributed by atoms with E-state index in [1.807, 2.05) is 24.3 Å². The van der Waals surface area contributed by atoms with Gasteiger partial charge in [-0.15, -0.1) is 0 Å². The van der Waals surface area contributed by atoms with Crippen molar-refractivity contribution in [2.45, 2.75) is 0 Å². The lowest BCUT2D eigenvalue weighted by atomic mass is 10.3. The van der Waals surface area contributed by atoms with Gasteiger partial charge >= 0.3 is 0 Å². The molecule has 0 saturated heterocycles. The summed E-state index contributed by atoms with van der Waals surface area (Å²) in [5.74, 6) is 4.38. The van der Waals surface area contributed by atoms with Crippen molar-refractivity contribution < 1.29 is 10.6 Å². The third-order valence-corrected chi connectivity index (χ3v) is 1.29. The van der Waals surface area contributed by atoms with E-state index in [1.165, 1.54) is 0 Å². The van der Waals surface area contributed by atoms with Crippen molar-refractivity contribution in [1.29, 1.82) is 0 Å². The van der Waals surface area contributed by atoms with E-state index in [-0.39, 0.29) is 0 Å². The lowest BCUT2D eigenvalue weighted by Gasteiger charge is -1.99. The predicted octanol–water partition coefficient (Wildman–Crippen LogP) is 0.264. The quantitative estimate of drug-likeness (QED) is 0.577. The minimum atomic E-state index is 0.860. The average Bonchev–Trinajstić information content (AvgIpc) is 2.05. The molecule has 0 heterocycles. The summed E-state index contributed by atoms with van der Waals surface area (Å²) < 4.78 is 4.97. The first kappa shape index (κ1) is 6.89. The largest absolute Gasteiger partial charge is 0.497 e. The smallest absolute Gasteiger partial charge is 0.119 e. The number of hydrogen-bond acceptors (Lipinski definition) is 2. The highest BCUT2D eigenvalue weighted by Crippen LogP contribution is 2.12. The molecule has 4 N–H and O–H groups in total. The molecule has 0 saturated carbocycles. The van der Waals surface area contributed by atoms with E-state index in [1.54, 1.807) is 7.11 Å². The first-order chi connectivity index (χ1) is 4.86. The van der Waals surface area contributed by atoms with Gasteiger partial charge in [-0.25, -0.2) is 5.43 Å². The summed E-state index contributed by atoms with van der Waals surface area (Å²) in [7, 11) is 1.65. The van der Waals surface area contributed by atoms with Crippen LogP contribution in [0.25, 0.3) is 0 Å². The Morgan fingerprint density at radius 1 is 1.30 bits per heavy atom. The van der Waals surface area contributed by atoms with Gasteiger partial charge in [-0.3, -0.25) is 5.84 Å². The molecule has 1 rings (SSSR count). The minimum absolute atomic E-state index is 0.860. The van der Waals surface area contributed by atoms with Crippen LogP contribution in [0.3, 0.4) is 0 Å². The molecule has 0 fully saturated rings. The molecule has 0 aromatic heterocycles. The monoisotopic (exact) mass is 139 g/mol. The maximum atomic E-state index is 4.97. The van der Waals surface area contributed by atoms with Crippen molar-refractivity contribution in [3.8, 4) is 5.75 Å². The van der Waals surface area contributed by atoms with Gasteiger partial charge in [-0.2, -0.15) is 0 Å². The van der Waals surface area contributed by atoms with Crippen LogP contribution in [0.1, 0.15) is 0 Å². The van der Waals surface area contributed by atoms with Crippen LogP contribution < -0.4 is 16.0 Å². The number of anilines is 1. The summed E-state index contributed by atoms with van der Waals surface area (Å²) in [5, 5.41) is 0. The Labute approximate surface area is 59.8 Å². The fraction of sp³-hybridized carbons (Fsp3) is 0.143. The Balaban J connectivity index is 2.80. The molecule has 0 aliphatic carbocycles. The number of rotatable bonds is 2. The molecule has 3 nitrogen and oxygen atoms in total. The second-order valence-corrected chi connectivity index (χ2v) is 1.91. The van der Waals surface area contributed by atoms with Gasteiger partial charge in [-0.1, -0.05) is 0 Å². The molecule has 0 atom stereocenters. The molecule has 54 valence electrons. The standard InChI is InChI=1S/C7H10N2O/c1-10-7-4-2-6(9-8)3-5-7/h2-5,9H,8H2,1H3/p+1. The SMILES string of the molecule is COc1ccc(N[NH3+])cc1. The zero-order valence-corrected chi connectivity index (χ0v) is 5.92. The van der Waals surface area contributed by atoms with E-state index in [4.69, 9.17) is 4.74 Å². The van der Waals surface area contributed by atoms with Crippen LogP contribution in [0.5, 0.6) is 5.75 Å². The van der Waals surface area contributed by atoms with Gasteiger partial charge in [0.1, 0.15) is 5.75 Å².